The molecule has 2 aromatic rings. The maximum absolute atomic E-state index is 12.8. The van der Waals surface area contributed by atoms with Crippen LogP contribution >= 0.6 is 0 Å². The Morgan fingerprint density at radius 1 is 1.00 bits per heavy atom. The molecule has 9 nitrogen and oxygen atoms in total. The van der Waals surface area contributed by atoms with Gasteiger partial charge in [-0.3, -0.25) is 9.59 Å². The molecule has 0 unspecified atom stereocenters. The first-order chi connectivity index (χ1) is 15.8. The quantitative estimate of drug-likeness (QED) is 0.572. The molecule has 2 N–H and O–H groups in total. The molecule has 10 heteroatoms. The van der Waals surface area contributed by atoms with E-state index in [1.54, 1.807) is 24.3 Å². The number of benzene rings is 2. The largest absolute Gasteiger partial charge is 0.484 e. The molecule has 0 aliphatic carbocycles. The van der Waals surface area contributed by atoms with Crippen LogP contribution in [0.3, 0.4) is 0 Å². The predicted octanol–water partition coefficient (Wildman–Crippen LogP) is 1.60. The van der Waals surface area contributed by atoms with Gasteiger partial charge < -0.3 is 20.3 Å². The van der Waals surface area contributed by atoms with Gasteiger partial charge >= 0.3 is 0 Å². The predicted molar refractivity (Wildman–Crippen MR) is 128 cm³/mol. The van der Waals surface area contributed by atoms with Crippen molar-refractivity contribution in [3.05, 3.63) is 54.1 Å². The van der Waals surface area contributed by atoms with Crippen molar-refractivity contribution in [1.29, 1.82) is 0 Å². The summed E-state index contributed by atoms with van der Waals surface area (Å²) in [6, 6.07) is 14.6. The van der Waals surface area contributed by atoms with Crippen molar-refractivity contribution >= 4 is 33.2 Å². The molecule has 1 heterocycles. The van der Waals surface area contributed by atoms with Crippen LogP contribution in [-0.2, 0) is 19.6 Å². The summed E-state index contributed by atoms with van der Waals surface area (Å²) in [5.41, 5.74) is 2.62. The normalized spacial score (nSPS) is 14.5. The molecule has 1 aliphatic rings. The second kappa shape index (κ2) is 11.2. The summed E-state index contributed by atoms with van der Waals surface area (Å²) in [4.78, 5) is 26.1. The third-order valence-electron chi connectivity index (χ3n) is 5.17. The molecular weight excluding hydrogens is 444 g/mol. The third kappa shape index (κ3) is 7.19. The highest BCUT2D eigenvalue weighted by Crippen LogP contribution is 2.20. The van der Waals surface area contributed by atoms with Crippen molar-refractivity contribution < 1.29 is 22.7 Å². The molecule has 2 aromatic carbocycles. The van der Waals surface area contributed by atoms with Gasteiger partial charge in [0.15, 0.2) is 6.61 Å². The lowest BCUT2D eigenvalue weighted by molar-refractivity contribution is -0.123. The number of piperazine rings is 1. The number of carbonyl (C=O) groups is 2. The highest BCUT2D eigenvalue weighted by atomic mass is 32.2. The van der Waals surface area contributed by atoms with E-state index in [0.29, 0.717) is 44.2 Å². The topological polar surface area (TPSA) is 108 Å². The molecule has 0 radical (unpaired) electrons. The molecule has 1 fully saturated rings. The van der Waals surface area contributed by atoms with Crippen molar-refractivity contribution in [3.63, 3.8) is 0 Å². The van der Waals surface area contributed by atoms with Gasteiger partial charge in [-0.1, -0.05) is 18.2 Å². The van der Waals surface area contributed by atoms with Crippen molar-refractivity contribution in [2.24, 2.45) is 0 Å². The fourth-order valence-electron chi connectivity index (χ4n) is 3.56. The fourth-order valence-corrected chi connectivity index (χ4v) is 4.87. The first kappa shape index (κ1) is 24.5. The summed E-state index contributed by atoms with van der Waals surface area (Å²) in [7, 11) is -3.74. The van der Waals surface area contributed by atoms with E-state index in [0.717, 1.165) is 11.3 Å². The summed E-state index contributed by atoms with van der Waals surface area (Å²) in [6.07, 6.45) is 0. The van der Waals surface area contributed by atoms with Gasteiger partial charge in [0.2, 0.25) is 15.9 Å². The minimum Gasteiger partial charge on any atom is -0.484 e. The van der Waals surface area contributed by atoms with E-state index < -0.39 is 21.7 Å². The van der Waals surface area contributed by atoms with Crippen molar-refractivity contribution in [3.8, 4) is 5.75 Å². The van der Waals surface area contributed by atoms with E-state index in [1.807, 2.05) is 32.0 Å². The van der Waals surface area contributed by atoms with Crippen LogP contribution in [0.15, 0.2) is 48.5 Å². The number of carbonyl (C=O) groups excluding carboxylic acids is 2. The van der Waals surface area contributed by atoms with Crippen LogP contribution < -0.4 is 20.3 Å². The lowest BCUT2D eigenvalue weighted by Gasteiger charge is -2.35. The lowest BCUT2D eigenvalue weighted by Crippen LogP contribution is -2.50. The van der Waals surface area contributed by atoms with Crippen LogP contribution in [0.2, 0.25) is 0 Å². The number of nitrogens with zero attached hydrogens (tertiary/aromatic N) is 2. The molecular formula is C23H30N4O5S. The van der Waals surface area contributed by atoms with Crippen molar-refractivity contribution in [1.82, 2.24) is 9.62 Å². The van der Waals surface area contributed by atoms with Gasteiger partial charge in [-0.05, 0) is 43.7 Å². The molecule has 1 saturated heterocycles. The van der Waals surface area contributed by atoms with Gasteiger partial charge in [-0.15, -0.1) is 0 Å². The molecule has 178 valence electrons. The first-order valence-corrected chi connectivity index (χ1v) is 12.5. The van der Waals surface area contributed by atoms with Gasteiger partial charge in [0.05, 0.1) is 0 Å². The Morgan fingerprint density at radius 2 is 1.73 bits per heavy atom. The van der Waals surface area contributed by atoms with Gasteiger partial charge in [0, 0.05) is 50.2 Å². The minimum atomic E-state index is -3.74. The molecule has 0 aromatic heterocycles. The Kier molecular flexibility index (Phi) is 8.29. The fraction of sp³-hybridized carbons (Fsp3) is 0.391. The van der Waals surface area contributed by atoms with Crippen molar-refractivity contribution in [2.75, 3.05) is 55.3 Å². The number of anilines is 2. The van der Waals surface area contributed by atoms with Crippen LogP contribution in [0.4, 0.5) is 11.4 Å². The summed E-state index contributed by atoms with van der Waals surface area (Å²) in [5, 5.41) is 5.22. The molecule has 33 heavy (non-hydrogen) atoms. The number of sulfonamides is 1. The summed E-state index contributed by atoms with van der Waals surface area (Å²) < 4.78 is 32.3. The second-order valence-corrected chi connectivity index (χ2v) is 9.77. The minimum absolute atomic E-state index is 0.145. The van der Waals surface area contributed by atoms with Gasteiger partial charge in [0.25, 0.3) is 5.91 Å². The van der Waals surface area contributed by atoms with E-state index in [2.05, 4.69) is 21.6 Å². The van der Waals surface area contributed by atoms with E-state index in [9.17, 15) is 18.0 Å². The number of ether oxygens (including phenoxy) is 1. The van der Waals surface area contributed by atoms with E-state index in [1.165, 1.54) is 4.31 Å². The zero-order chi connectivity index (χ0) is 23.8. The number of amides is 2. The molecule has 1 aliphatic heterocycles. The van der Waals surface area contributed by atoms with Gasteiger partial charge in [-0.25, -0.2) is 8.42 Å². The zero-order valence-corrected chi connectivity index (χ0v) is 19.7. The Labute approximate surface area is 194 Å². The third-order valence-corrected chi connectivity index (χ3v) is 6.95. The van der Waals surface area contributed by atoms with E-state index >= 15 is 0 Å². The number of hydrogen-bond donors (Lipinski definition) is 2. The Bertz CT molecular complexity index is 1080. The van der Waals surface area contributed by atoms with E-state index in [4.69, 9.17) is 4.74 Å². The highest BCUT2D eigenvalue weighted by Gasteiger charge is 2.29. The lowest BCUT2D eigenvalue weighted by atomic mass is 10.2. The molecule has 0 saturated carbocycles. The molecule has 0 spiro atoms. The first-order valence-electron chi connectivity index (χ1n) is 10.9. The van der Waals surface area contributed by atoms with E-state index in [-0.39, 0.29) is 12.5 Å². The van der Waals surface area contributed by atoms with Gasteiger partial charge in [-0.2, -0.15) is 4.31 Å². The Morgan fingerprint density at radius 3 is 2.42 bits per heavy atom. The summed E-state index contributed by atoms with van der Waals surface area (Å²) in [5.74, 6) is -1.12. The summed E-state index contributed by atoms with van der Waals surface area (Å²) in [6.45, 7) is 5.98. The smallest absolute Gasteiger partial charge is 0.257 e. The number of aryl methyl sites for hydroxylation is 1. The van der Waals surface area contributed by atoms with Crippen molar-refractivity contribution in [2.45, 2.75) is 13.8 Å². The maximum atomic E-state index is 12.8. The molecule has 0 bridgehead atoms. The average Bonchev–Trinajstić information content (AvgIpc) is 2.78. The molecule has 0 atom stereocenters. The monoisotopic (exact) mass is 474 g/mol. The van der Waals surface area contributed by atoms with Gasteiger partial charge in [0.1, 0.15) is 11.5 Å². The SMILES string of the molecule is CCNC(=O)COc1cccc(NC(=O)CS(=O)(=O)N2CCN(c3cccc(C)c3)CC2)c1. The standard InChI is InChI=1S/C23H30N4O5S/c1-3-24-22(28)16-32-21-9-5-7-19(15-21)25-23(29)17-33(30,31)27-12-10-26(11-13-27)20-8-4-6-18(2)14-20/h4-9,14-15H,3,10-13,16-17H2,1-2H3,(H,24,28)(H,25,29). The summed E-state index contributed by atoms with van der Waals surface area (Å²) >= 11 is 0. The molecule has 2 amide bonds. The zero-order valence-electron chi connectivity index (χ0n) is 18.9. The van der Waals surface area contributed by atoms with Crippen LogP contribution in [0.1, 0.15) is 12.5 Å². The number of nitrogens with one attached hydrogen (secondary N) is 2. The second-order valence-electron chi connectivity index (χ2n) is 7.80. The Balaban J connectivity index is 1.52. The average molecular weight is 475 g/mol. The number of likely N-dealkylation sites (N-methyl/N-ethyl adjacent to an activating group) is 1. The number of rotatable bonds is 9. The Hall–Kier alpha value is -3.11. The van der Waals surface area contributed by atoms with Crippen LogP contribution in [-0.4, -0.2) is 69.6 Å². The maximum Gasteiger partial charge on any atom is 0.257 e. The number of hydrogen-bond acceptors (Lipinski definition) is 6. The molecule has 3 rings (SSSR count). The van der Waals surface area contributed by atoms with Crippen LogP contribution in [0, 0.1) is 6.92 Å². The van der Waals surface area contributed by atoms with Crippen LogP contribution in [0.5, 0.6) is 5.75 Å². The highest BCUT2D eigenvalue weighted by molar-refractivity contribution is 7.89. The van der Waals surface area contributed by atoms with Crippen LogP contribution in [0.25, 0.3) is 0 Å².